The molecule has 3 heteroatoms. The topological polar surface area (TPSA) is 40.4 Å². The van der Waals surface area contributed by atoms with Gasteiger partial charge in [0.05, 0.1) is 18.4 Å². The summed E-state index contributed by atoms with van der Waals surface area (Å²) in [5.41, 5.74) is 1.40. The third-order valence-corrected chi connectivity index (χ3v) is 1.55. The zero-order chi connectivity index (χ0) is 8.97. The van der Waals surface area contributed by atoms with Crippen molar-refractivity contribution in [1.82, 2.24) is 5.32 Å². The van der Waals surface area contributed by atoms with E-state index in [0.29, 0.717) is 5.56 Å². The summed E-state index contributed by atoms with van der Waals surface area (Å²) in [4.78, 5) is 11.0. The molecule has 1 rings (SSSR count). The highest BCUT2D eigenvalue weighted by Gasteiger charge is 2.03. The van der Waals surface area contributed by atoms with E-state index in [9.17, 15) is 4.79 Å². The Labute approximate surface area is 71.4 Å². The van der Waals surface area contributed by atoms with Crippen LogP contribution in [0.4, 0.5) is 5.69 Å². The Hall–Kier alpha value is -1.51. The molecule has 1 radical (unpaired) electrons. The Morgan fingerprint density at radius 2 is 1.92 bits per heavy atom. The molecule has 0 heterocycles. The van der Waals surface area contributed by atoms with E-state index in [4.69, 9.17) is 0 Å². The van der Waals surface area contributed by atoms with E-state index >= 15 is 0 Å². The van der Waals surface area contributed by atoms with Gasteiger partial charge in [-0.3, -0.25) is 5.32 Å². The SMILES string of the molecule is C[N]c1ccc(C(=O)OC)cc1. The third kappa shape index (κ3) is 1.75. The average molecular weight is 164 g/mol. The molecule has 3 nitrogen and oxygen atoms in total. The van der Waals surface area contributed by atoms with Crippen LogP contribution < -0.4 is 5.32 Å². The van der Waals surface area contributed by atoms with E-state index in [1.807, 2.05) is 0 Å². The first-order valence-corrected chi connectivity index (χ1v) is 3.56. The van der Waals surface area contributed by atoms with Gasteiger partial charge in [0.1, 0.15) is 0 Å². The summed E-state index contributed by atoms with van der Waals surface area (Å²) in [5.74, 6) is -0.322. The van der Waals surface area contributed by atoms with Crippen molar-refractivity contribution in [3.05, 3.63) is 29.8 Å². The van der Waals surface area contributed by atoms with Crippen LogP contribution in [-0.4, -0.2) is 20.1 Å². The first-order valence-electron chi connectivity index (χ1n) is 3.56. The van der Waals surface area contributed by atoms with Crippen LogP contribution in [-0.2, 0) is 4.74 Å². The normalized spacial score (nSPS) is 9.17. The fraction of sp³-hybridized carbons (Fsp3) is 0.222. The van der Waals surface area contributed by atoms with Gasteiger partial charge in [0, 0.05) is 7.05 Å². The van der Waals surface area contributed by atoms with E-state index in [1.54, 1.807) is 31.3 Å². The molecule has 0 spiro atoms. The zero-order valence-corrected chi connectivity index (χ0v) is 7.07. The molecule has 0 amide bonds. The fourth-order valence-corrected chi connectivity index (χ4v) is 0.864. The maximum Gasteiger partial charge on any atom is 0.337 e. The molecule has 63 valence electrons. The van der Waals surface area contributed by atoms with Gasteiger partial charge in [-0.2, -0.15) is 0 Å². The van der Waals surface area contributed by atoms with Crippen molar-refractivity contribution >= 4 is 11.7 Å². The summed E-state index contributed by atoms with van der Waals surface area (Å²) in [6, 6.07) is 6.92. The second kappa shape index (κ2) is 3.76. The molecule has 0 aliphatic rings. The molecule has 1 aromatic rings. The zero-order valence-electron chi connectivity index (χ0n) is 7.07. The number of methoxy groups -OCH3 is 1. The Morgan fingerprint density at radius 3 is 2.33 bits per heavy atom. The van der Waals surface area contributed by atoms with E-state index in [0.717, 1.165) is 5.69 Å². The fourth-order valence-electron chi connectivity index (χ4n) is 0.864. The lowest BCUT2D eigenvalue weighted by Gasteiger charge is -1.99. The molecule has 0 fully saturated rings. The molecule has 0 aliphatic carbocycles. The highest BCUT2D eigenvalue weighted by atomic mass is 16.5. The number of esters is 1. The highest BCUT2D eigenvalue weighted by Crippen LogP contribution is 2.09. The van der Waals surface area contributed by atoms with Crippen molar-refractivity contribution in [1.29, 1.82) is 0 Å². The average Bonchev–Trinajstić information content (AvgIpc) is 2.17. The Balaban J connectivity index is 2.84. The second-order valence-corrected chi connectivity index (χ2v) is 2.26. The monoisotopic (exact) mass is 164 g/mol. The lowest BCUT2D eigenvalue weighted by atomic mass is 10.2. The van der Waals surface area contributed by atoms with Gasteiger partial charge in [0.2, 0.25) is 0 Å². The maximum atomic E-state index is 11.0. The van der Waals surface area contributed by atoms with Crippen molar-refractivity contribution in [3.8, 4) is 0 Å². The quantitative estimate of drug-likeness (QED) is 0.619. The molecule has 0 saturated carbocycles. The second-order valence-electron chi connectivity index (χ2n) is 2.26. The summed E-state index contributed by atoms with van der Waals surface area (Å²) in [7, 11) is 3.06. The van der Waals surface area contributed by atoms with E-state index in [-0.39, 0.29) is 5.97 Å². The molecular formula is C9H10NO2. The number of hydrogen-bond donors (Lipinski definition) is 0. The smallest absolute Gasteiger partial charge is 0.337 e. The molecule has 0 aliphatic heterocycles. The predicted molar refractivity (Wildman–Crippen MR) is 45.5 cm³/mol. The number of benzene rings is 1. The molecule has 0 atom stereocenters. The van der Waals surface area contributed by atoms with Gasteiger partial charge in [-0.25, -0.2) is 4.79 Å². The van der Waals surface area contributed by atoms with E-state index in [1.165, 1.54) is 7.11 Å². The summed E-state index contributed by atoms with van der Waals surface area (Å²) in [5, 5.41) is 3.94. The van der Waals surface area contributed by atoms with Crippen molar-refractivity contribution in [2.45, 2.75) is 0 Å². The van der Waals surface area contributed by atoms with Crippen molar-refractivity contribution in [3.63, 3.8) is 0 Å². The van der Waals surface area contributed by atoms with Crippen molar-refractivity contribution < 1.29 is 9.53 Å². The molecule has 0 unspecified atom stereocenters. The van der Waals surface area contributed by atoms with Gasteiger partial charge in [-0.1, -0.05) is 0 Å². The molecular weight excluding hydrogens is 154 g/mol. The Kier molecular flexibility index (Phi) is 2.69. The number of ether oxygens (including phenoxy) is 1. The van der Waals surface area contributed by atoms with Crippen LogP contribution in [0.5, 0.6) is 0 Å². The number of hydrogen-bond acceptors (Lipinski definition) is 2. The summed E-state index contributed by atoms with van der Waals surface area (Å²) >= 11 is 0. The molecule has 0 saturated heterocycles. The minimum Gasteiger partial charge on any atom is -0.465 e. The van der Waals surface area contributed by atoms with Crippen LogP contribution in [0.25, 0.3) is 0 Å². The van der Waals surface area contributed by atoms with E-state index < -0.39 is 0 Å². The van der Waals surface area contributed by atoms with Crippen LogP contribution in [0.2, 0.25) is 0 Å². The van der Waals surface area contributed by atoms with Crippen molar-refractivity contribution in [2.24, 2.45) is 0 Å². The van der Waals surface area contributed by atoms with Crippen LogP contribution in [0, 0.1) is 0 Å². The van der Waals surface area contributed by atoms with Gasteiger partial charge in [0.15, 0.2) is 0 Å². The maximum absolute atomic E-state index is 11.0. The minimum absolute atomic E-state index is 0.322. The van der Waals surface area contributed by atoms with Crippen LogP contribution in [0.3, 0.4) is 0 Å². The van der Waals surface area contributed by atoms with Crippen LogP contribution in [0.1, 0.15) is 10.4 Å². The predicted octanol–water partition coefficient (Wildman–Crippen LogP) is 1.34. The molecule has 1 aromatic carbocycles. The number of nitrogens with zero attached hydrogens (tertiary/aromatic N) is 1. The number of rotatable bonds is 2. The standard InChI is InChI=1S/C9H10NO2/c1-10-8-5-3-7(4-6-8)9(11)12-2/h3-6H,1-2H3. The van der Waals surface area contributed by atoms with Crippen LogP contribution in [0.15, 0.2) is 24.3 Å². The summed E-state index contributed by atoms with van der Waals surface area (Å²) in [6.07, 6.45) is 0. The van der Waals surface area contributed by atoms with E-state index in [2.05, 4.69) is 10.1 Å². The lowest BCUT2D eigenvalue weighted by molar-refractivity contribution is 0.0601. The van der Waals surface area contributed by atoms with Crippen LogP contribution >= 0.6 is 0 Å². The third-order valence-electron chi connectivity index (χ3n) is 1.55. The first kappa shape index (κ1) is 8.59. The number of carbonyl (C=O) groups excluding carboxylic acids is 1. The lowest BCUT2D eigenvalue weighted by Crippen LogP contribution is -2.00. The van der Waals surface area contributed by atoms with Crippen molar-refractivity contribution in [2.75, 3.05) is 14.2 Å². The van der Waals surface area contributed by atoms with Gasteiger partial charge >= 0.3 is 5.97 Å². The largest absolute Gasteiger partial charge is 0.465 e. The minimum atomic E-state index is -0.322. The molecule has 0 N–H and O–H groups in total. The Bertz CT molecular complexity index is 266. The highest BCUT2D eigenvalue weighted by molar-refractivity contribution is 5.89. The Morgan fingerprint density at radius 1 is 1.33 bits per heavy atom. The molecule has 0 aromatic heterocycles. The first-order chi connectivity index (χ1) is 5.77. The van der Waals surface area contributed by atoms with Gasteiger partial charge < -0.3 is 4.74 Å². The van der Waals surface area contributed by atoms with Gasteiger partial charge in [0.25, 0.3) is 0 Å². The molecule has 0 bridgehead atoms. The molecule has 12 heavy (non-hydrogen) atoms. The number of carbonyl (C=O) groups is 1. The van der Waals surface area contributed by atoms with Gasteiger partial charge in [-0.05, 0) is 24.3 Å². The van der Waals surface area contributed by atoms with Gasteiger partial charge in [-0.15, -0.1) is 0 Å². The summed E-state index contributed by atoms with van der Waals surface area (Å²) < 4.78 is 4.54. The summed E-state index contributed by atoms with van der Waals surface area (Å²) in [6.45, 7) is 0.